The average Bonchev–Trinajstić information content (AvgIpc) is 2.97. The molecule has 1 fully saturated rings. The number of nitrogens with two attached hydrogens (primary N) is 1. The van der Waals surface area contributed by atoms with Gasteiger partial charge in [-0.15, -0.1) is 0 Å². The van der Waals surface area contributed by atoms with Crippen LogP contribution in [0.3, 0.4) is 0 Å². The maximum absolute atomic E-state index is 5.93. The summed E-state index contributed by atoms with van der Waals surface area (Å²) in [7, 11) is 1.74. The summed E-state index contributed by atoms with van der Waals surface area (Å²) in [5.74, 6) is 1.02. The van der Waals surface area contributed by atoms with Crippen LogP contribution in [-0.4, -0.2) is 32.8 Å². The molecule has 0 heterocycles. The number of nitrogens with one attached hydrogen (secondary N) is 1. The van der Waals surface area contributed by atoms with Crippen molar-refractivity contribution in [3.05, 3.63) is 0 Å². The molecule has 0 spiro atoms. The Kier molecular flexibility index (Phi) is 6.15. The molecule has 0 aromatic heterocycles. The molecule has 1 unspecified atom stereocenters. The van der Waals surface area contributed by atoms with E-state index in [1.807, 2.05) is 0 Å². The van der Waals surface area contributed by atoms with E-state index >= 15 is 0 Å². The Morgan fingerprint density at radius 3 is 2.93 bits per heavy atom. The van der Waals surface area contributed by atoms with Crippen LogP contribution in [-0.2, 0) is 4.74 Å². The molecule has 84 valence electrons. The van der Waals surface area contributed by atoms with Gasteiger partial charge in [0.2, 0.25) is 0 Å². The van der Waals surface area contributed by atoms with Crippen LogP contribution in [0.1, 0.15) is 32.1 Å². The average molecular weight is 200 g/mol. The summed E-state index contributed by atoms with van der Waals surface area (Å²) in [6, 6.07) is 0.296. The summed E-state index contributed by atoms with van der Waals surface area (Å²) in [5.41, 5.74) is 5.93. The predicted octanol–water partition coefficient (Wildman–Crippen LogP) is 1.13. The maximum Gasteiger partial charge on any atom is 0.0462 e. The monoisotopic (exact) mass is 200 g/mol. The molecular weight excluding hydrogens is 176 g/mol. The van der Waals surface area contributed by atoms with Crippen molar-refractivity contribution in [3.8, 4) is 0 Å². The lowest BCUT2D eigenvalue weighted by Gasteiger charge is -2.12. The first-order valence-electron chi connectivity index (χ1n) is 5.78. The van der Waals surface area contributed by atoms with Gasteiger partial charge in [-0.25, -0.2) is 0 Å². The van der Waals surface area contributed by atoms with E-state index in [9.17, 15) is 0 Å². The normalized spacial score (nSPS) is 18.4. The summed E-state index contributed by atoms with van der Waals surface area (Å²) >= 11 is 0. The zero-order chi connectivity index (χ0) is 10.2. The molecule has 14 heavy (non-hydrogen) atoms. The third kappa shape index (κ3) is 6.35. The number of methoxy groups -OCH3 is 1. The second-order valence-electron chi connectivity index (χ2n) is 4.33. The molecule has 1 aliphatic rings. The van der Waals surface area contributed by atoms with Crippen molar-refractivity contribution in [2.75, 3.05) is 26.8 Å². The molecule has 0 amide bonds. The van der Waals surface area contributed by atoms with Gasteiger partial charge in [0.25, 0.3) is 0 Å². The number of hydrogen-bond donors (Lipinski definition) is 2. The highest BCUT2D eigenvalue weighted by Gasteiger charge is 2.19. The fourth-order valence-corrected chi connectivity index (χ4v) is 1.59. The van der Waals surface area contributed by atoms with Gasteiger partial charge in [0.15, 0.2) is 0 Å². The summed E-state index contributed by atoms with van der Waals surface area (Å²) in [5, 5.41) is 3.42. The SMILES string of the molecule is COCCCC(N)CNCCC1CC1. The Balaban J connectivity index is 1.78. The van der Waals surface area contributed by atoms with Gasteiger partial charge in [-0.05, 0) is 31.7 Å². The zero-order valence-electron chi connectivity index (χ0n) is 9.30. The Bertz CT molecular complexity index is 137. The Labute approximate surface area is 87.4 Å². The molecule has 0 aromatic rings. The summed E-state index contributed by atoms with van der Waals surface area (Å²) in [6.07, 6.45) is 6.36. The van der Waals surface area contributed by atoms with Gasteiger partial charge in [-0.3, -0.25) is 0 Å². The first kappa shape index (κ1) is 12.0. The molecule has 0 aliphatic heterocycles. The van der Waals surface area contributed by atoms with Gasteiger partial charge < -0.3 is 15.8 Å². The number of hydrogen-bond acceptors (Lipinski definition) is 3. The van der Waals surface area contributed by atoms with E-state index < -0.39 is 0 Å². The second-order valence-corrected chi connectivity index (χ2v) is 4.33. The van der Waals surface area contributed by atoms with Gasteiger partial charge in [-0.2, -0.15) is 0 Å². The molecule has 0 bridgehead atoms. The largest absolute Gasteiger partial charge is 0.385 e. The van der Waals surface area contributed by atoms with Crippen molar-refractivity contribution in [2.45, 2.75) is 38.1 Å². The molecule has 3 heteroatoms. The van der Waals surface area contributed by atoms with Gasteiger partial charge in [0, 0.05) is 26.3 Å². The summed E-state index contributed by atoms with van der Waals surface area (Å²) < 4.78 is 4.98. The topological polar surface area (TPSA) is 47.3 Å². The molecule has 1 saturated carbocycles. The van der Waals surface area contributed by atoms with Crippen LogP contribution in [0.4, 0.5) is 0 Å². The molecule has 3 nitrogen and oxygen atoms in total. The first-order chi connectivity index (χ1) is 6.83. The third-order valence-corrected chi connectivity index (χ3v) is 2.76. The van der Waals surface area contributed by atoms with E-state index in [0.29, 0.717) is 6.04 Å². The lowest BCUT2D eigenvalue weighted by Crippen LogP contribution is -2.34. The van der Waals surface area contributed by atoms with E-state index in [1.165, 1.54) is 19.3 Å². The minimum absolute atomic E-state index is 0.296. The predicted molar refractivity (Wildman–Crippen MR) is 59.3 cm³/mol. The lowest BCUT2D eigenvalue weighted by molar-refractivity contribution is 0.190. The minimum atomic E-state index is 0.296. The molecule has 0 radical (unpaired) electrons. The first-order valence-corrected chi connectivity index (χ1v) is 5.78. The van der Waals surface area contributed by atoms with E-state index in [1.54, 1.807) is 7.11 Å². The Morgan fingerprint density at radius 2 is 2.29 bits per heavy atom. The lowest BCUT2D eigenvalue weighted by atomic mass is 10.1. The summed E-state index contributed by atoms with van der Waals surface area (Å²) in [6.45, 7) is 2.93. The minimum Gasteiger partial charge on any atom is -0.385 e. The molecule has 3 N–H and O–H groups in total. The molecule has 1 aliphatic carbocycles. The van der Waals surface area contributed by atoms with Crippen molar-refractivity contribution >= 4 is 0 Å². The van der Waals surface area contributed by atoms with Crippen LogP contribution < -0.4 is 11.1 Å². The van der Waals surface area contributed by atoms with E-state index in [-0.39, 0.29) is 0 Å². The Morgan fingerprint density at radius 1 is 1.50 bits per heavy atom. The molecular formula is C11H24N2O. The van der Waals surface area contributed by atoms with Crippen LogP contribution >= 0.6 is 0 Å². The van der Waals surface area contributed by atoms with Gasteiger partial charge >= 0.3 is 0 Å². The highest BCUT2D eigenvalue weighted by molar-refractivity contribution is 4.74. The summed E-state index contributed by atoms with van der Waals surface area (Å²) in [4.78, 5) is 0. The number of rotatable bonds is 9. The fourth-order valence-electron chi connectivity index (χ4n) is 1.59. The smallest absolute Gasteiger partial charge is 0.0462 e. The zero-order valence-corrected chi connectivity index (χ0v) is 9.30. The highest BCUT2D eigenvalue weighted by atomic mass is 16.5. The van der Waals surface area contributed by atoms with Gasteiger partial charge in [0.05, 0.1) is 0 Å². The van der Waals surface area contributed by atoms with E-state index in [0.717, 1.165) is 38.5 Å². The van der Waals surface area contributed by atoms with Gasteiger partial charge in [0.1, 0.15) is 0 Å². The molecule has 0 saturated heterocycles. The van der Waals surface area contributed by atoms with Crippen LogP contribution in [0, 0.1) is 5.92 Å². The molecule has 1 rings (SSSR count). The third-order valence-electron chi connectivity index (χ3n) is 2.76. The molecule has 1 atom stereocenters. The maximum atomic E-state index is 5.93. The standard InChI is InChI=1S/C11H24N2O/c1-14-8-2-3-11(12)9-13-7-6-10-4-5-10/h10-11,13H,2-9,12H2,1H3. The van der Waals surface area contributed by atoms with E-state index in [4.69, 9.17) is 10.5 Å². The molecule has 0 aromatic carbocycles. The van der Waals surface area contributed by atoms with E-state index in [2.05, 4.69) is 5.32 Å². The fraction of sp³-hybridized carbons (Fsp3) is 1.00. The van der Waals surface area contributed by atoms with Crippen LogP contribution in [0.25, 0.3) is 0 Å². The number of ether oxygens (including phenoxy) is 1. The van der Waals surface area contributed by atoms with Gasteiger partial charge in [-0.1, -0.05) is 12.8 Å². The highest BCUT2D eigenvalue weighted by Crippen LogP contribution is 2.31. The van der Waals surface area contributed by atoms with Crippen LogP contribution in [0.2, 0.25) is 0 Å². The van der Waals surface area contributed by atoms with Crippen molar-refractivity contribution in [3.63, 3.8) is 0 Å². The second kappa shape index (κ2) is 7.21. The van der Waals surface area contributed by atoms with Crippen molar-refractivity contribution < 1.29 is 4.74 Å². The van der Waals surface area contributed by atoms with Crippen molar-refractivity contribution in [2.24, 2.45) is 11.7 Å². The Hall–Kier alpha value is -0.120. The van der Waals surface area contributed by atoms with Crippen LogP contribution in [0.15, 0.2) is 0 Å². The quantitative estimate of drug-likeness (QED) is 0.549. The van der Waals surface area contributed by atoms with Crippen LogP contribution in [0.5, 0.6) is 0 Å². The van der Waals surface area contributed by atoms with Crippen molar-refractivity contribution in [1.82, 2.24) is 5.32 Å². The van der Waals surface area contributed by atoms with Crippen molar-refractivity contribution in [1.29, 1.82) is 0 Å².